The Balaban J connectivity index is 2.85. The molecule has 0 amide bonds. The highest BCUT2D eigenvalue weighted by Gasteiger charge is 2.20. The first kappa shape index (κ1) is 15.0. The summed E-state index contributed by atoms with van der Waals surface area (Å²) in [6.07, 6.45) is 0.0715. The lowest BCUT2D eigenvalue weighted by Gasteiger charge is -2.24. The highest BCUT2D eigenvalue weighted by Crippen LogP contribution is 2.28. The van der Waals surface area contributed by atoms with Gasteiger partial charge in [0.25, 0.3) is 0 Å². The average molecular weight is 253 g/mol. The van der Waals surface area contributed by atoms with Crippen LogP contribution in [0.3, 0.4) is 0 Å². The first-order valence-corrected chi connectivity index (χ1v) is 6.15. The number of hydrogen-bond donors (Lipinski definition) is 1. The van der Waals surface area contributed by atoms with Crippen molar-refractivity contribution in [3.8, 4) is 5.75 Å². The van der Waals surface area contributed by atoms with Crippen molar-refractivity contribution in [3.05, 3.63) is 29.8 Å². The fourth-order valence-electron chi connectivity index (χ4n) is 1.88. The number of hydrogen-bond acceptors (Lipinski definition) is 4. The van der Waals surface area contributed by atoms with Crippen LogP contribution in [0.25, 0.3) is 0 Å². The number of para-hydroxylation sites is 1. The molecule has 0 bridgehead atoms. The molecule has 0 saturated heterocycles. The first-order valence-electron chi connectivity index (χ1n) is 6.15. The molecule has 4 nitrogen and oxygen atoms in total. The highest BCUT2D eigenvalue weighted by atomic mass is 16.5. The van der Waals surface area contributed by atoms with Crippen molar-refractivity contribution in [1.29, 1.82) is 0 Å². The molecule has 2 atom stereocenters. The number of benzene rings is 1. The topological polar surface area (TPSA) is 39.7 Å². The van der Waals surface area contributed by atoms with Crippen molar-refractivity contribution in [3.63, 3.8) is 0 Å². The molecular formula is C14H23NO3. The molecule has 18 heavy (non-hydrogen) atoms. The maximum Gasteiger partial charge on any atom is 0.124 e. The quantitative estimate of drug-likeness (QED) is 0.719. The van der Waals surface area contributed by atoms with Gasteiger partial charge in [-0.15, -0.1) is 0 Å². The van der Waals surface area contributed by atoms with E-state index in [4.69, 9.17) is 14.2 Å². The summed E-state index contributed by atoms with van der Waals surface area (Å²) in [5.41, 5.74) is 1.10. The molecule has 102 valence electrons. The average Bonchev–Trinajstić information content (AvgIpc) is 2.41. The number of nitrogens with one attached hydrogen (secondary N) is 1. The zero-order chi connectivity index (χ0) is 13.4. The molecule has 0 spiro atoms. The van der Waals surface area contributed by atoms with Crippen molar-refractivity contribution in [1.82, 2.24) is 5.32 Å². The van der Waals surface area contributed by atoms with Crippen LogP contribution in [-0.4, -0.2) is 40.6 Å². The van der Waals surface area contributed by atoms with Crippen molar-refractivity contribution in [2.45, 2.75) is 19.1 Å². The lowest BCUT2D eigenvalue weighted by molar-refractivity contribution is 0.0837. The second-order valence-electron chi connectivity index (χ2n) is 4.09. The minimum Gasteiger partial charge on any atom is -0.491 e. The van der Waals surface area contributed by atoms with E-state index in [1.54, 1.807) is 14.2 Å². The number of methoxy groups -OCH3 is 2. The second-order valence-corrected chi connectivity index (χ2v) is 4.09. The molecule has 0 saturated carbocycles. The molecule has 0 aliphatic carbocycles. The van der Waals surface area contributed by atoms with Gasteiger partial charge in [-0.05, 0) is 20.0 Å². The monoisotopic (exact) mass is 253 g/mol. The zero-order valence-corrected chi connectivity index (χ0v) is 11.6. The van der Waals surface area contributed by atoms with Crippen LogP contribution in [0.5, 0.6) is 5.75 Å². The van der Waals surface area contributed by atoms with Gasteiger partial charge < -0.3 is 19.5 Å². The molecule has 0 aliphatic rings. The third-order valence-electron chi connectivity index (χ3n) is 2.95. The summed E-state index contributed by atoms with van der Waals surface area (Å²) in [7, 11) is 5.30. The Hall–Kier alpha value is -1.10. The van der Waals surface area contributed by atoms with Crippen molar-refractivity contribution < 1.29 is 14.2 Å². The van der Waals surface area contributed by atoms with E-state index in [2.05, 4.69) is 11.4 Å². The van der Waals surface area contributed by atoms with E-state index in [-0.39, 0.29) is 12.1 Å². The predicted octanol–water partition coefficient (Wildman–Crippen LogP) is 2.01. The van der Waals surface area contributed by atoms with Gasteiger partial charge in [-0.2, -0.15) is 0 Å². The van der Waals surface area contributed by atoms with Gasteiger partial charge in [0, 0.05) is 19.8 Å². The molecular weight excluding hydrogens is 230 g/mol. The summed E-state index contributed by atoms with van der Waals surface area (Å²) in [5, 5.41) is 3.26. The van der Waals surface area contributed by atoms with Crippen LogP contribution in [-0.2, 0) is 9.47 Å². The van der Waals surface area contributed by atoms with Gasteiger partial charge in [0.1, 0.15) is 12.4 Å². The van der Waals surface area contributed by atoms with E-state index < -0.39 is 0 Å². The smallest absolute Gasteiger partial charge is 0.124 e. The first-order chi connectivity index (χ1) is 8.74. The van der Waals surface area contributed by atoms with E-state index in [0.29, 0.717) is 13.2 Å². The number of ether oxygens (including phenoxy) is 3. The Kier molecular flexibility index (Phi) is 6.72. The lowest BCUT2D eigenvalue weighted by atomic mass is 10.0. The normalized spacial score (nSPS) is 14.2. The molecule has 4 heteroatoms. The van der Waals surface area contributed by atoms with Gasteiger partial charge in [0.15, 0.2) is 0 Å². The second kappa shape index (κ2) is 8.08. The van der Waals surface area contributed by atoms with Crippen LogP contribution in [0.1, 0.15) is 18.5 Å². The standard InChI is InChI=1S/C14H23NO3/c1-11(17-4)14(15-2)12-7-5-6-8-13(12)18-10-9-16-3/h5-8,11,14-15H,9-10H2,1-4H3. The Morgan fingerprint density at radius 1 is 1.17 bits per heavy atom. The van der Waals surface area contributed by atoms with Gasteiger partial charge in [0.2, 0.25) is 0 Å². The fourth-order valence-corrected chi connectivity index (χ4v) is 1.88. The van der Waals surface area contributed by atoms with Gasteiger partial charge in [0.05, 0.1) is 18.8 Å². The highest BCUT2D eigenvalue weighted by molar-refractivity contribution is 5.36. The Labute approximate surface area is 109 Å². The van der Waals surface area contributed by atoms with Crippen LogP contribution in [0.15, 0.2) is 24.3 Å². The van der Waals surface area contributed by atoms with E-state index in [1.165, 1.54) is 0 Å². The van der Waals surface area contributed by atoms with E-state index in [9.17, 15) is 0 Å². The molecule has 0 aliphatic heterocycles. The van der Waals surface area contributed by atoms with Crippen molar-refractivity contribution in [2.75, 3.05) is 34.5 Å². The number of rotatable bonds is 8. The molecule has 1 aromatic rings. The molecule has 0 aromatic heterocycles. The molecule has 0 radical (unpaired) electrons. The third kappa shape index (κ3) is 3.98. The van der Waals surface area contributed by atoms with Gasteiger partial charge in [-0.1, -0.05) is 18.2 Å². The van der Waals surface area contributed by atoms with Gasteiger partial charge in [-0.25, -0.2) is 0 Å². The van der Waals surface area contributed by atoms with E-state index in [0.717, 1.165) is 11.3 Å². The zero-order valence-electron chi connectivity index (χ0n) is 11.6. The van der Waals surface area contributed by atoms with Gasteiger partial charge in [-0.3, -0.25) is 0 Å². The molecule has 2 unspecified atom stereocenters. The molecule has 1 aromatic carbocycles. The molecule has 0 heterocycles. The van der Waals surface area contributed by atoms with Crippen LogP contribution in [0.4, 0.5) is 0 Å². The van der Waals surface area contributed by atoms with E-state index in [1.807, 2.05) is 32.2 Å². The number of likely N-dealkylation sites (N-methyl/N-ethyl adjacent to an activating group) is 1. The Morgan fingerprint density at radius 2 is 1.89 bits per heavy atom. The summed E-state index contributed by atoms with van der Waals surface area (Å²) >= 11 is 0. The summed E-state index contributed by atoms with van der Waals surface area (Å²) in [6.45, 7) is 3.16. The van der Waals surface area contributed by atoms with Crippen LogP contribution >= 0.6 is 0 Å². The van der Waals surface area contributed by atoms with Crippen LogP contribution in [0.2, 0.25) is 0 Å². The molecule has 1 N–H and O–H groups in total. The minimum atomic E-state index is 0.0715. The van der Waals surface area contributed by atoms with Crippen LogP contribution < -0.4 is 10.1 Å². The van der Waals surface area contributed by atoms with E-state index >= 15 is 0 Å². The minimum absolute atomic E-state index is 0.0715. The third-order valence-corrected chi connectivity index (χ3v) is 2.95. The summed E-state index contributed by atoms with van der Waals surface area (Å²) < 4.78 is 16.1. The fraction of sp³-hybridized carbons (Fsp3) is 0.571. The SMILES string of the molecule is CNC(c1ccccc1OCCOC)C(C)OC. The summed E-state index contributed by atoms with van der Waals surface area (Å²) in [4.78, 5) is 0. The summed E-state index contributed by atoms with van der Waals surface area (Å²) in [5.74, 6) is 0.873. The van der Waals surface area contributed by atoms with Gasteiger partial charge >= 0.3 is 0 Å². The lowest BCUT2D eigenvalue weighted by Crippen LogP contribution is -2.29. The summed E-state index contributed by atoms with van der Waals surface area (Å²) in [6, 6.07) is 8.10. The van der Waals surface area contributed by atoms with Crippen LogP contribution in [0, 0.1) is 0 Å². The van der Waals surface area contributed by atoms with Crippen molar-refractivity contribution in [2.24, 2.45) is 0 Å². The largest absolute Gasteiger partial charge is 0.491 e. The Bertz CT molecular complexity index is 344. The Morgan fingerprint density at radius 3 is 2.50 bits per heavy atom. The molecule has 0 fully saturated rings. The van der Waals surface area contributed by atoms with Crippen molar-refractivity contribution >= 4 is 0 Å². The maximum absolute atomic E-state index is 5.73. The molecule has 1 rings (SSSR count). The predicted molar refractivity (Wildman–Crippen MR) is 72.1 cm³/mol. The maximum atomic E-state index is 5.73.